The van der Waals surface area contributed by atoms with Gasteiger partial charge in [-0.05, 0) is 25.8 Å². The summed E-state index contributed by atoms with van der Waals surface area (Å²) in [6.45, 7) is 4.07. The van der Waals surface area contributed by atoms with Crippen molar-refractivity contribution in [3.8, 4) is 11.4 Å². The third-order valence-corrected chi connectivity index (χ3v) is 2.39. The fraction of sp³-hybridized carbons (Fsp3) is 0.308. The van der Waals surface area contributed by atoms with E-state index in [-0.39, 0.29) is 5.54 Å². The number of aromatic nitrogens is 2. The average Bonchev–Trinajstić information content (AvgIpc) is 2.69. The van der Waals surface area contributed by atoms with Crippen molar-refractivity contribution in [1.82, 2.24) is 9.97 Å². The second-order valence-corrected chi connectivity index (χ2v) is 4.80. The molecule has 0 aliphatic rings. The number of hydrogen-bond donors (Lipinski definition) is 2. The fourth-order valence-corrected chi connectivity index (χ4v) is 1.73. The molecule has 3 heteroatoms. The van der Waals surface area contributed by atoms with Gasteiger partial charge in [0, 0.05) is 23.5 Å². The molecule has 16 heavy (non-hydrogen) atoms. The molecule has 0 unspecified atom stereocenters. The summed E-state index contributed by atoms with van der Waals surface area (Å²) in [5.41, 5.74) is 8.17. The molecule has 0 saturated carbocycles. The lowest BCUT2D eigenvalue weighted by Gasteiger charge is -2.18. The molecule has 2 rings (SSSR count). The lowest BCUT2D eigenvalue weighted by molar-refractivity contribution is 0.517. The van der Waals surface area contributed by atoms with Crippen LogP contribution in [0.2, 0.25) is 0 Å². The Labute approximate surface area is 95.7 Å². The number of nitrogens with zero attached hydrogens (tertiary/aromatic N) is 1. The van der Waals surface area contributed by atoms with Crippen molar-refractivity contribution >= 4 is 0 Å². The summed E-state index contributed by atoms with van der Waals surface area (Å²) in [6, 6.07) is 8.35. The first-order valence-corrected chi connectivity index (χ1v) is 5.42. The Morgan fingerprint density at radius 2 is 1.94 bits per heavy atom. The number of aromatic amines is 1. The topological polar surface area (TPSA) is 54.7 Å². The maximum atomic E-state index is 5.98. The lowest BCUT2D eigenvalue weighted by Crippen LogP contribution is -2.34. The van der Waals surface area contributed by atoms with Crippen molar-refractivity contribution in [2.75, 3.05) is 0 Å². The molecule has 1 aromatic carbocycles. The largest absolute Gasteiger partial charge is 0.345 e. The molecular weight excluding hydrogens is 198 g/mol. The van der Waals surface area contributed by atoms with E-state index in [4.69, 9.17) is 5.73 Å². The Morgan fingerprint density at radius 1 is 1.25 bits per heavy atom. The van der Waals surface area contributed by atoms with Crippen LogP contribution in [-0.4, -0.2) is 15.5 Å². The van der Waals surface area contributed by atoms with E-state index in [0.717, 1.165) is 17.8 Å². The van der Waals surface area contributed by atoms with Gasteiger partial charge in [-0.3, -0.25) is 0 Å². The predicted octanol–water partition coefficient (Wildman–Crippen LogP) is 2.36. The highest BCUT2D eigenvalue weighted by atomic mass is 14.9. The molecule has 1 aromatic heterocycles. The second kappa shape index (κ2) is 4.10. The highest BCUT2D eigenvalue weighted by Gasteiger charge is 2.11. The first kappa shape index (κ1) is 10.9. The summed E-state index contributed by atoms with van der Waals surface area (Å²) >= 11 is 0. The van der Waals surface area contributed by atoms with Gasteiger partial charge in [-0.1, -0.05) is 24.3 Å². The number of nitrogens with one attached hydrogen (secondary N) is 1. The minimum absolute atomic E-state index is 0.161. The van der Waals surface area contributed by atoms with Gasteiger partial charge in [0.1, 0.15) is 5.82 Å². The van der Waals surface area contributed by atoms with Crippen LogP contribution < -0.4 is 5.73 Å². The Hall–Kier alpha value is -1.61. The number of hydrogen-bond acceptors (Lipinski definition) is 2. The highest BCUT2D eigenvalue weighted by Crippen LogP contribution is 2.17. The first-order chi connectivity index (χ1) is 7.54. The van der Waals surface area contributed by atoms with E-state index >= 15 is 0 Å². The van der Waals surface area contributed by atoms with Gasteiger partial charge in [-0.25, -0.2) is 4.98 Å². The van der Waals surface area contributed by atoms with Gasteiger partial charge in [0.05, 0.1) is 0 Å². The molecule has 3 nitrogen and oxygen atoms in total. The molecule has 2 aromatic rings. The van der Waals surface area contributed by atoms with E-state index in [9.17, 15) is 0 Å². The van der Waals surface area contributed by atoms with Crippen LogP contribution in [0.3, 0.4) is 0 Å². The van der Waals surface area contributed by atoms with Gasteiger partial charge in [0.2, 0.25) is 0 Å². The molecule has 0 aliphatic heterocycles. The van der Waals surface area contributed by atoms with Crippen LogP contribution in [0.5, 0.6) is 0 Å². The van der Waals surface area contributed by atoms with Crippen LogP contribution in [-0.2, 0) is 6.42 Å². The van der Waals surface area contributed by atoms with Crippen molar-refractivity contribution in [2.45, 2.75) is 25.8 Å². The number of nitrogens with two attached hydrogens (primary N) is 1. The summed E-state index contributed by atoms with van der Waals surface area (Å²) in [4.78, 5) is 7.30. The molecular formula is C13H17N3. The zero-order chi connectivity index (χ0) is 11.6. The normalized spacial score (nSPS) is 11.7. The van der Waals surface area contributed by atoms with Crippen molar-refractivity contribution < 1.29 is 0 Å². The van der Waals surface area contributed by atoms with Gasteiger partial charge in [0.15, 0.2) is 0 Å². The smallest absolute Gasteiger partial charge is 0.137 e. The molecule has 1 heterocycles. The van der Waals surface area contributed by atoms with E-state index < -0.39 is 0 Å². The fourth-order valence-electron chi connectivity index (χ4n) is 1.73. The Balaban J connectivity index is 2.17. The van der Waals surface area contributed by atoms with Gasteiger partial charge >= 0.3 is 0 Å². The molecule has 0 saturated heterocycles. The van der Waals surface area contributed by atoms with Crippen molar-refractivity contribution in [2.24, 2.45) is 5.73 Å². The summed E-state index contributed by atoms with van der Waals surface area (Å²) in [5.74, 6) is 0.901. The molecule has 0 radical (unpaired) electrons. The summed E-state index contributed by atoms with van der Waals surface area (Å²) < 4.78 is 0. The maximum Gasteiger partial charge on any atom is 0.137 e. The van der Waals surface area contributed by atoms with Gasteiger partial charge in [0.25, 0.3) is 0 Å². The number of imidazole rings is 1. The van der Waals surface area contributed by atoms with Crippen LogP contribution in [0.1, 0.15) is 19.4 Å². The van der Waals surface area contributed by atoms with Crippen molar-refractivity contribution in [3.05, 3.63) is 42.2 Å². The van der Waals surface area contributed by atoms with Crippen LogP contribution in [0.25, 0.3) is 11.4 Å². The summed E-state index contributed by atoms with van der Waals surface area (Å²) in [5, 5.41) is 0. The van der Waals surface area contributed by atoms with E-state index in [1.807, 2.05) is 20.0 Å². The average molecular weight is 215 g/mol. The third kappa shape index (κ3) is 2.70. The zero-order valence-electron chi connectivity index (χ0n) is 9.70. The van der Waals surface area contributed by atoms with Gasteiger partial charge in [-0.2, -0.15) is 0 Å². The van der Waals surface area contributed by atoms with E-state index in [2.05, 4.69) is 34.2 Å². The molecule has 0 atom stereocenters. The quantitative estimate of drug-likeness (QED) is 0.825. The second-order valence-electron chi connectivity index (χ2n) is 4.80. The summed E-state index contributed by atoms with van der Waals surface area (Å²) in [7, 11) is 0. The minimum atomic E-state index is -0.161. The van der Waals surface area contributed by atoms with Crippen LogP contribution in [0, 0.1) is 0 Å². The Kier molecular flexibility index (Phi) is 2.79. The molecule has 3 N–H and O–H groups in total. The number of H-pyrrole nitrogens is 1. The van der Waals surface area contributed by atoms with Crippen LogP contribution in [0.15, 0.2) is 36.7 Å². The van der Waals surface area contributed by atoms with Gasteiger partial charge in [-0.15, -0.1) is 0 Å². The van der Waals surface area contributed by atoms with Crippen molar-refractivity contribution in [3.63, 3.8) is 0 Å². The molecule has 0 aliphatic carbocycles. The zero-order valence-corrected chi connectivity index (χ0v) is 9.70. The van der Waals surface area contributed by atoms with E-state index in [0.29, 0.717) is 0 Å². The first-order valence-electron chi connectivity index (χ1n) is 5.42. The van der Waals surface area contributed by atoms with Crippen LogP contribution in [0.4, 0.5) is 0 Å². The maximum absolute atomic E-state index is 5.98. The molecule has 0 fully saturated rings. The summed E-state index contributed by atoms with van der Waals surface area (Å²) in [6.07, 6.45) is 4.46. The molecule has 0 bridgehead atoms. The predicted molar refractivity (Wildman–Crippen MR) is 66.0 cm³/mol. The Morgan fingerprint density at radius 3 is 2.44 bits per heavy atom. The molecule has 0 spiro atoms. The van der Waals surface area contributed by atoms with E-state index in [1.165, 1.54) is 5.56 Å². The van der Waals surface area contributed by atoms with E-state index in [1.54, 1.807) is 6.20 Å². The third-order valence-electron chi connectivity index (χ3n) is 2.39. The molecule has 0 amide bonds. The number of benzene rings is 1. The van der Waals surface area contributed by atoms with Crippen LogP contribution >= 0.6 is 0 Å². The SMILES string of the molecule is CC(C)(N)Cc1ccc(-c2ncc[nH]2)cc1. The lowest BCUT2D eigenvalue weighted by atomic mass is 9.95. The monoisotopic (exact) mass is 215 g/mol. The highest BCUT2D eigenvalue weighted by molar-refractivity contribution is 5.55. The Bertz CT molecular complexity index is 435. The standard InChI is InChI=1S/C13H17N3/c1-13(2,14)9-10-3-5-11(6-4-10)12-15-7-8-16-12/h3-8H,9,14H2,1-2H3,(H,15,16). The minimum Gasteiger partial charge on any atom is -0.345 e. The van der Waals surface area contributed by atoms with Gasteiger partial charge < -0.3 is 10.7 Å². The number of rotatable bonds is 3. The molecule has 84 valence electrons. The van der Waals surface area contributed by atoms with Crippen molar-refractivity contribution in [1.29, 1.82) is 0 Å².